The SMILES string of the molecule is CC[C@@H]1[C@@H](C=O)C1(c1ccccc1)c1ccccc1. The topological polar surface area (TPSA) is 17.1 Å². The molecule has 1 saturated carbocycles. The number of benzene rings is 2. The number of carbonyl (C=O) groups is 1. The molecule has 0 radical (unpaired) electrons. The van der Waals surface area contributed by atoms with Crippen molar-refractivity contribution in [3.63, 3.8) is 0 Å². The number of hydrogen-bond acceptors (Lipinski definition) is 1. The first-order valence-corrected chi connectivity index (χ1v) is 6.92. The van der Waals surface area contributed by atoms with Crippen LogP contribution in [0.1, 0.15) is 24.5 Å². The van der Waals surface area contributed by atoms with Gasteiger partial charge in [-0.15, -0.1) is 0 Å². The second-order valence-corrected chi connectivity index (χ2v) is 5.28. The van der Waals surface area contributed by atoms with E-state index < -0.39 is 0 Å². The van der Waals surface area contributed by atoms with Crippen LogP contribution in [0.15, 0.2) is 60.7 Å². The molecule has 2 atom stereocenters. The molecule has 3 rings (SSSR count). The van der Waals surface area contributed by atoms with Gasteiger partial charge in [0.15, 0.2) is 0 Å². The lowest BCUT2D eigenvalue weighted by molar-refractivity contribution is -0.109. The van der Waals surface area contributed by atoms with E-state index >= 15 is 0 Å². The Morgan fingerprint density at radius 3 is 1.74 bits per heavy atom. The molecule has 0 aliphatic heterocycles. The van der Waals surface area contributed by atoms with E-state index in [1.165, 1.54) is 11.1 Å². The molecule has 1 heteroatoms. The van der Waals surface area contributed by atoms with Gasteiger partial charge >= 0.3 is 0 Å². The second-order valence-electron chi connectivity index (χ2n) is 5.28. The number of carbonyl (C=O) groups excluding carboxylic acids is 1. The molecule has 1 nitrogen and oxygen atoms in total. The van der Waals surface area contributed by atoms with Gasteiger partial charge in [-0.3, -0.25) is 0 Å². The number of rotatable bonds is 4. The Hall–Kier alpha value is -1.89. The van der Waals surface area contributed by atoms with Crippen LogP contribution in [0, 0.1) is 11.8 Å². The predicted molar refractivity (Wildman–Crippen MR) is 77.0 cm³/mol. The van der Waals surface area contributed by atoms with Crippen molar-refractivity contribution in [2.45, 2.75) is 18.8 Å². The summed E-state index contributed by atoms with van der Waals surface area (Å²) in [6.45, 7) is 2.18. The summed E-state index contributed by atoms with van der Waals surface area (Å²) in [6.07, 6.45) is 2.18. The maximum absolute atomic E-state index is 11.5. The minimum Gasteiger partial charge on any atom is -0.303 e. The van der Waals surface area contributed by atoms with Crippen LogP contribution >= 0.6 is 0 Å². The molecule has 1 fully saturated rings. The molecule has 1 aliphatic carbocycles. The predicted octanol–water partition coefficient (Wildman–Crippen LogP) is 3.83. The van der Waals surface area contributed by atoms with Crippen molar-refractivity contribution in [1.82, 2.24) is 0 Å². The van der Waals surface area contributed by atoms with E-state index in [1.807, 2.05) is 12.1 Å². The van der Waals surface area contributed by atoms with E-state index in [-0.39, 0.29) is 11.3 Å². The molecule has 96 valence electrons. The first-order chi connectivity index (χ1) is 9.35. The summed E-state index contributed by atoms with van der Waals surface area (Å²) in [7, 11) is 0. The van der Waals surface area contributed by atoms with E-state index in [9.17, 15) is 4.79 Å². The lowest BCUT2D eigenvalue weighted by Gasteiger charge is -2.19. The summed E-state index contributed by atoms with van der Waals surface area (Å²) in [5, 5.41) is 0. The zero-order valence-electron chi connectivity index (χ0n) is 11.1. The molecule has 0 aromatic heterocycles. The van der Waals surface area contributed by atoms with Gasteiger partial charge in [0.1, 0.15) is 6.29 Å². The van der Waals surface area contributed by atoms with Crippen LogP contribution in [0.2, 0.25) is 0 Å². The summed E-state index contributed by atoms with van der Waals surface area (Å²) in [6, 6.07) is 20.9. The summed E-state index contributed by atoms with van der Waals surface area (Å²) in [5.74, 6) is 0.539. The molecule has 0 unspecified atom stereocenters. The Bertz CT molecular complexity index is 519. The Balaban J connectivity index is 2.16. The van der Waals surface area contributed by atoms with E-state index in [2.05, 4.69) is 55.5 Å². The fourth-order valence-electron chi connectivity index (χ4n) is 3.67. The van der Waals surface area contributed by atoms with E-state index in [4.69, 9.17) is 0 Å². The highest BCUT2D eigenvalue weighted by Gasteiger charge is 2.65. The van der Waals surface area contributed by atoms with Gasteiger partial charge < -0.3 is 4.79 Å². The van der Waals surface area contributed by atoms with Gasteiger partial charge in [-0.05, 0) is 17.0 Å². The van der Waals surface area contributed by atoms with Crippen molar-refractivity contribution in [3.8, 4) is 0 Å². The van der Waals surface area contributed by atoms with Crippen LogP contribution in [0.5, 0.6) is 0 Å². The lowest BCUT2D eigenvalue weighted by Crippen LogP contribution is -2.14. The molecule has 0 bridgehead atoms. The van der Waals surface area contributed by atoms with Gasteiger partial charge in [-0.2, -0.15) is 0 Å². The average Bonchev–Trinajstić information content (AvgIpc) is 3.18. The third-order valence-corrected chi connectivity index (χ3v) is 4.52. The minimum absolute atomic E-state index is 0.0982. The fraction of sp³-hybridized carbons (Fsp3) is 0.278. The highest BCUT2D eigenvalue weighted by molar-refractivity contribution is 5.70. The van der Waals surface area contributed by atoms with Gasteiger partial charge in [0.25, 0.3) is 0 Å². The normalized spacial score (nSPS) is 23.8. The Morgan fingerprint density at radius 1 is 0.947 bits per heavy atom. The first kappa shape index (κ1) is 12.2. The molecule has 19 heavy (non-hydrogen) atoms. The van der Waals surface area contributed by atoms with Gasteiger partial charge in [-0.1, -0.05) is 74.0 Å². The van der Waals surface area contributed by atoms with E-state index in [0.717, 1.165) is 12.7 Å². The first-order valence-electron chi connectivity index (χ1n) is 6.92. The Morgan fingerprint density at radius 2 is 1.42 bits per heavy atom. The minimum atomic E-state index is -0.0982. The molecule has 0 N–H and O–H groups in total. The molecular weight excluding hydrogens is 232 g/mol. The number of hydrogen-bond donors (Lipinski definition) is 0. The second kappa shape index (κ2) is 4.65. The Labute approximate surface area is 114 Å². The van der Waals surface area contributed by atoms with Crippen molar-refractivity contribution in [3.05, 3.63) is 71.8 Å². The van der Waals surface area contributed by atoms with Gasteiger partial charge in [0, 0.05) is 11.3 Å². The van der Waals surface area contributed by atoms with Gasteiger partial charge in [0.05, 0.1) is 0 Å². The summed E-state index contributed by atoms with van der Waals surface area (Å²) in [4.78, 5) is 11.5. The van der Waals surface area contributed by atoms with Crippen molar-refractivity contribution < 1.29 is 4.79 Å². The lowest BCUT2D eigenvalue weighted by atomic mass is 9.84. The zero-order chi connectivity index (χ0) is 13.3. The molecule has 0 spiro atoms. The number of aldehydes is 1. The van der Waals surface area contributed by atoms with Crippen molar-refractivity contribution in [2.24, 2.45) is 11.8 Å². The standard InChI is InChI=1S/C18H18O/c1-2-16-17(13-19)18(16,14-9-5-3-6-10-14)15-11-7-4-8-12-15/h3-13,16-17H,2H2,1H3/t16-,17-/m1/s1. The molecular formula is C18H18O. The van der Waals surface area contributed by atoms with Crippen molar-refractivity contribution in [1.29, 1.82) is 0 Å². The molecule has 2 aromatic rings. The summed E-state index contributed by atoms with van der Waals surface area (Å²) >= 11 is 0. The molecule has 0 heterocycles. The highest BCUT2D eigenvalue weighted by atomic mass is 16.1. The van der Waals surface area contributed by atoms with E-state index in [0.29, 0.717) is 5.92 Å². The summed E-state index contributed by atoms with van der Waals surface area (Å²) < 4.78 is 0. The monoisotopic (exact) mass is 250 g/mol. The molecule has 0 saturated heterocycles. The fourth-order valence-corrected chi connectivity index (χ4v) is 3.67. The van der Waals surface area contributed by atoms with Crippen LogP contribution in [-0.2, 0) is 10.2 Å². The zero-order valence-corrected chi connectivity index (χ0v) is 11.1. The largest absolute Gasteiger partial charge is 0.303 e. The maximum Gasteiger partial charge on any atom is 0.124 e. The van der Waals surface area contributed by atoms with Gasteiger partial charge in [0.2, 0.25) is 0 Å². The third-order valence-electron chi connectivity index (χ3n) is 4.52. The van der Waals surface area contributed by atoms with Gasteiger partial charge in [-0.25, -0.2) is 0 Å². The molecule has 2 aromatic carbocycles. The highest BCUT2D eigenvalue weighted by Crippen LogP contribution is 2.64. The van der Waals surface area contributed by atoms with Crippen LogP contribution < -0.4 is 0 Å². The van der Waals surface area contributed by atoms with Crippen molar-refractivity contribution >= 4 is 6.29 Å². The molecule has 1 aliphatic rings. The van der Waals surface area contributed by atoms with Crippen LogP contribution in [-0.4, -0.2) is 6.29 Å². The van der Waals surface area contributed by atoms with E-state index in [1.54, 1.807) is 0 Å². The van der Waals surface area contributed by atoms with Crippen LogP contribution in [0.4, 0.5) is 0 Å². The summed E-state index contributed by atoms with van der Waals surface area (Å²) in [5.41, 5.74) is 2.44. The quantitative estimate of drug-likeness (QED) is 0.754. The smallest absolute Gasteiger partial charge is 0.124 e. The maximum atomic E-state index is 11.5. The van der Waals surface area contributed by atoms with Crippen LogP contribution in [0.25, 0.3) is 0 Å². The third kappa shape index (κ3) is 1.65. The van der Waals surface area contributed by atoms with Crippen LogP contribution in [0.3, 0.4) is 0 Å². The average molecular weight is 250 g/mol. The molecule has 0 amide bonds. The Kier molecular flexibility index (Phi) is 2.98. The van der Waals surface area contributed by atoms with Crippen molar-refractivity contribution in [2.75, 3.05) is 0 Å².